The van der Waals surface area contributed by atoms with Gasteiger partial charge >= 0.3 is 0 Å². The summed E-state index contributed by atoms with van der Waals surface area (Å²) in [7, 11) is 7.75. The zero-order valence-corrected chi connectivity index (χ0v) is 33.3. The maximum atomic E-state index is 13.8. The summed E-state index contributed by atoms with van der Waals surface area (Å²) in [6, 6.07) is 31.3. The summed E-state index contributed by atoms with van der Waals surface area (Å²) in [6.45, 7) is 6.22. The lowest BCUT2D eigenvalue weighted by Gasteiger charge is -2.30. The SMILES string of the molecule is CCCN(Cc1ncc(-c2ccc(-c3ccc(-c4cnc(CN(CCC)C(=O)C(c5ccccc5)N(C)C)[nH]4)cn3)cc2)[nH]1)C(=O)C(c1ccccc1)N(C)C. The highest BCUT2D eigenvalue weighted by molar-refractivity contribution is 5.84. The molecule has 0 aliphatic carbocycles. The highest BCUT2D eigenvalue weighted by atomic mass is 16.2. The van der Waals surface area contributed by atoms with Crippen LogP contribution in [0.2, 0.25) is 0 Å². The predicted molar refractivity (Wildman–Crippen MR) is 222 cm³/mol. The Morgan fingerprint density at radius 2 is 0.964 bits per heavy atom. The number of nitrogens with one attached hydrogen (secondary N) is 2. The van der Waals surface area contributed by atoms with Crippen LogP contribution in [-0.2, 0) is 22.7 Å². The Hall–Kier alpha value is -5.91. The van der Waals surface area contributed by atoms with Crippen LogP contribution in [-0.4, -0.2) is 97.6 Å². The third-order valence-electron chi connectivity index (χ3n) is 9.85. The zero-order valence-electron chi connectivity index (χ0n) is 33.3. The number of carbonyl (C=O) groups is 2. The first kappa shape index (κ1) is 39.8. The van der Waals surface area contributed by atoms with E-state index in [9.17, 15) is 9.59 Å². The van der Waals surface area contributed by atoms with Gasteiger partial charge in [0.25, 0.3) is 0 Å². The molecule has 6 aromatic rings. The van der Waals surface area contributed by atoms with Crippen molar-refractivity contribution in [1.29, 1.82) is 0 Å². The number of benzene rings is 3. The van der Waals surface area contributed by atoms with Crippen LogP contribution in [0.4, 0.5) is 0 Å². The Kier molecular flexibility index (Phi) is 13.2. The molecule has 3 heterocycles. The van der Waals surface area contributed by atoms with E-state index in [4.69, 9.17) is 4.98 Å². The molecule has 11 heteroatoms. The summed E-state index contributed by atoms with van der Waals surface area (Å²) in [5, 5.41) is 0. The molecule has 3 aromatic carbocycles. The molecular weight excluding hydrogens is 699 g/mol. The average molecular weight is 752 g/mol. The van der Waals surface area contributed by atoms with Gasteiger partial charge in [-0.05, 0) is 69.9 Å². The fourth-order valence-electron chi connectivity index (χ4n) is 7.10. The van der Waals surface area contributed by atoms with Gasteiger partial charge in [0.15, 0.2) is 0 Å². The highest BCUT2D eigenvalue weighted by Gasteiger charge is 2.29. The van der Waals surface area contributed by atoms with Crippen molar-refractivity contribution in [2.24, 2.45) is 0 Å². The number of hydrogen-bond donors (Lipinski definition) is 2. The Morgan fingerprint density at radius 3 is 1.38 bits per heavy atom. The Balaban J connectivity index is 1.10. The molecule has 0 spiro atoms. The summed E-state index contributed by atoms with van der Waals surface area (Å²) < 4.78 is 0. The van der Waals surface area contributed by atoms with Gasteiger partial charge in [-0.25, -0.2) is 9.97 Å². The number of pyridine rings is 1. The molecule has 2 amide bonds. The van der Waals surface area contributed by atoms with E-state index in [0.717, 1.165) is 69.4 Å². The molecule has 3 aromatic heterocycles. The van der Waals surface area contributed by atoms with Gasteiger partial charge in [-0.3, -0.25) is 24.4 Å². The second-order valence-corrected chi connectivity index (χ2v) is 14.6. The van der Waals surface area contributed by atoms with Crippen LogP contribution in [0.25, 0.3) is 33.8 Å². The normalized spacial score (nSPS) is 12.5. The van der Waals surface area contributed by atoms with Gasteiger partial charge in [0.05, 0.1) is 42.6 Å². The number of carbonyl (C=O) groups excluding carboxylic acids is 2. The second kappa shape index (κ2) is 18.6. The van der Waals surface area contributed by atoms with E-state index in [1.54, 1.807) is 6.20 Å². The lowest BCUT2D eigenvalue weighted by molar-refractivity contribution is -0.138. The van der Waals surface area contributed by atoms with Crippen molar-refractivity contribution in [3.05, 3.63) is 138 Å². The van der Waals surface area contributed by atoms with Crippen LogP contribution in [0.15, 0.2) is 116 Å². The van der Waals surface area contributed by atoms with E-state index in [2.05, 4.69) is 58.0 Å². The predicted octanol–water partition coefficient (Wildman–Crippen LogP) is 7.61. The first-order chi connectivity index (χ1) is 27.2. The molecule has 2 N–H and O–H groups in total. The van der Waals surface area contributed by atoms with Crippen LogP contribution in [0.1, 0.15) is 61.5 Å². The largest absolute Gasteiger partial charge is 0.341 e. The fraction of sp³-hybridized carbons (Fsp3) is 0.311. The summed E-state index contributed by atoms with van der Waals surface area (Å²) in [4.78, 5) is 56.2. The van der Waals surface area contributed by atoms with Crippen LogP contribution in [0.3, 0.4) is 0 Å². The summed E-state index contributed by atoms with van der Waals surface area (Å²) in [6.07, 6.45) is 7.16. The monoisotopic (exact) mass is 751 g/mol. The molecule has 0 saturated heterocycles. The second-order valence-electron chi connectivity index (χ2n) is 14.6. The zero-order chi connectivity index (χ0) is 39.6. The van der Waals surface area contributed by atoms with E-state index >= 15 is 0 Å². The van der Waals surface area contributed by atoms with Gasteiger partial charge in [0.1, 0.15) is 23.7 Å². The third-order valence-corrected chi connectivity index (χ3v) is 9.85. The molecule has 0 radical (unpaired) electrons. The van der Waals surface area contributed by atoms with Gasteiger partial charge in [-0.2, -0.15) is 0 Å². The van der Waals surface area contributed by atoms with E-state index in [1.165, 1.54) is 0 Å². The minimum Gasteiger partial charge on any atom is -0.341 e. The maximum absolute atomic E-state index is 13.8. The van der Waals surface area contributed by atoms with Gasteiger partial charge < -0.3 is 19.8 Å². The number of likely N-dealkylation sites (N-methyl/N-ethyl adjacent to an activating group) is 2. The van der Waals surface area contributed by atoms with E-state index in [0.29, 0.717) is 26.2 Å². The van der Waals surface area contributed by atoms with Crippen LogP contribution >= 0.6 is 0 Å². The molecule has 0 bridgehead atoms. The van der Waals surface area contributed by atoms with Crippen LogP contribution < -0.4 is 0 Å². The molecule has 0 aliphatic rings. The molecule has 2 unspecified atom stereocenters. The minimum absolute atomic E-state index is 0.0500. The molecule has 0 fully saturated rings. The summed E-state index contributed by atoms with van der Waals surface area (Å²) in [5.74, 6) is 1.57. The van der Waals surface area contributed by atoms with Crippen LogP contribution in [0.5, 0.6) is 0 Å². The van der Waals surface area contributed by atoms with Gasteiger partial charge in [-0.15, -0.1) is 0 Å². The number of rotatable bonds is 17. The first-order valence-electron chi connectivity index (χ1n) is 19.3. The van der Waals surface area contributed by atoms with E-state index < -0.39 is 0 Å². The van der Waals surface area contributed by atoms with Crippen molar-refractivity contribution in [1.82, 2.24) is 44.5 Å². The van der Waals surface area contributed by atoms with Crippen molar-refractivity contribution < 1.29 is 9.59 Å². The molecule has 11 nitrogen and oxygen atoms in total. The fourth-order valence-corrected chi connectivity index (χ4v) is 7.10. The molecule has 290 valence electrons. The van der Waals surface area contributed by atoms with Crippen molar-refractivity contribution >= 4 is 11.8 Å². The number of aromatic amines is 2. The topological polar surface area (TPSA) is 117 Å². The Labute approximate surface area is 330 Å². The first-order valence-corrected chi connectivity index (χ1v) is 19.3. The quantitative estimate of drug-likeness (QED) is 0.0986. The van der Waals surface area contributed by atoms with Crippen molar-refractivity contribution in [2.75, 3.05) is 41.3 Å². The van der Waals surface area contributed by atoms with Gasteiger partial charge in [0.2, 0.25) is 11.8 Å². The lowest BCUT2D eigenvalue weighted by atomic mass is 10.0. The highest BCUT2D eigenvalue weighted by Crippen LogP contribution is 2.27. The number of aromatic nitrogens is 5. The smallest absolute Gasteiger partial charge is 0.244 e. The molecule has 0 aliphatic heterocycles. The summed E-state index contributed by atoms with van der Waals surface area (Å²) in [5.41, 5.74) is 7.42. The number of imidazole rings is 2. The Morgan fingerprint density at radius 1 is 0.536 bits per heavy atom. The van der Waals surface area contributed by atoms with Gasteiger partial charge in [0, 0.05) is 30.4 Å². The number of nitrogens with zero attached hydrogens (tertiary/aromatic N) is 7. The summed E-state index contributed by atoms with van der Waals surface area (Å²) >= 11 is 0. The standard InChI is InChI=1S/C45H53N9O2/c1-7-25-53(44(55)42(51(3)4)34-15-11-9-12-16-34)30-40-47-28-38(49-40)33-21-19-32(20-22-33)37-24-23-36(27-46-37)39-29-48-41(50-39)31-54(26-8-2)45(56)43(52(5)6)35-17-13-10-14-18-35/h9-24,27-29,42-43H,7-8,25-26,30-31H2,1-6H3,(H,47,49)(H,48,50). The van der Waals surface area contributed by atoms with Gasteiger partial charge in [-0.1, -0.05) is 98.8 Å². The number of hydrogen-bond acceptors (Lipinski definition) is 7. The Bertz CT molecular complexity index is 1990. The lowest BCUT2D eigenvalue weighted by Crippen LogP contribution is -2.40. The maximum Gasteiger partial charge on any atom is 0.244 e. The number of amides is 2. The minimum atomic E-state index is -0.375. The van der Waals surface area contributed by atoms with Crippen molar-refractivity contribution in [2.45, 2.75) is 51.9 Å². The third kappa shape index (κ3) is 9.47. The molecule has 0 saturated carbocycles. The van der Waals surface area contributed by atoms with Crippen molar-refractivity contribution in [3.63, 3.8) is 0 Å². The molecular formula is C45H53N9O2. The number of H-pyrrole nitrogens is 2. The van der Waals surface area contributed by atoms with E-state index in [1.807, 2.05) is 133 Å². The molecule has 2 atom stereocenters. The van der Waals surface area contributed by atoms with E-state index in [-0.39, 0.29) is 23.9 Å². The van der Waals surface area contributed by atoms with Crippen molar-refractivity contribution in [3.8, 4) is 33.8 Å². The average Bonchev–Trinajstić information content (AvgIpc) is 3.88. The van der Waals surface area contributed by atoms with Crippen LogP contribution in [0, 0.1) is 0 Å². The molecule has 6 rings (SSSR count). The molecule has 56 heavy (non-hydrogen) atoms.